The number of halogens is 2. The maximum absolute atomic E-state index is 13.7. The Morgan fingerprint density at radius 2 is 1.80 bits per heavy atom. The molecule has 0 unspecified atom stereocenters. The van der Waals surface area contributed by atoms with Gasteiger partial charge in [0.05, 0.1) is 34.7 Å². The maximum Gasteiger partial charge on any atom is 0.264 e. The third-order valence-corrected chi connectivity index (χ3v) is 7.75. The molecule has 0 aliphatic heterocycles. The number of hydrogen-bond acceptors (Lipinski definition) is 5. The fraction of sp³-hybridized carbons (Fsp3) is 0.240. The number of hydrogen-bond donors (Lipinski definition) is 2. The lowest BCUT2D eigenvalue weighted by Crippen LogP contribution is -2.30. The molecule has 0 amide bonds. The Labute approximate surface area is 208 Å². The molecule has 2 N–H and O–H groups in total. The summed E-state index contributed by atoms with van der Waals surface area (Å²) in [5.41, 5.74) is 2.12. The first-order chi connectivity index (χ1) is 16.7. The van der Waals surface area contributed by atoms with E-state index in [0.717, 1.165) is 18.6 Å². The van der Waals surface area contributed by atoms with E-state index in [1.165, 1.54) is 16.4 Å². The van der Waals surface area contributed by atoms with Gasteiger partial charge in [-0.15, -0.1) is 0 Å². The van der Waals surface area contributed by atoms with Crippen LogP contribution in [-0.2, 0) is 29.5 Å². The molecule has 0 aliphatic rings. The first-order valence-corrected chi connectivity index (χ1v) is 12.9. The lowest BCUT2D eigenvalue weighted by molar-refractivity contribution is -0.0510. The Kier molecular flexibility index (Phi) is 7.42. The summed E-state index contributed by atoms with van der Waals surface area (Å²) in [4.78, 5) is 4.57. The SMILES string of the molecule is CCCc1nc2cc(N(Cc3ccccc3Cl)S(=O)(=O)c3ccc(F)cc3)ccc2n1CC(O)O. The van der Waals surface area contributed by atoms with Crippen molar-refractivity contribution in [2.75, 3.05) is 4.31 Å². The highest BCUT2D eigenvalue weighted by atomic mass is 35.5. The second-order valence-electron chi connectivity index (χ2n) is 8.10. The van der Waals surface area contributed by atoms with Crippen molar-refractivity contribution in [2.24, 2.45) is 0 Å². The zero-order valence-electron chi connectivity index (χ0n) is 19.0. The van der Waals surface area contributed by atoms with Gasteiger partial charge >= 0.3 is 0 Å². The highest BCUT2D eigenvalue weighted by molar-refractivity contribution is 7.92. The summed E-state index contributed by atoms with van der Waals surface area (Å²) in [7, 11) is -4.09. The molecule has 184 valence electrons. The van der Waals surface area contributed by atoms with Gasteiger partial charge in [0.25, 0.3) is 10.0 Å². The summed E-state index contributed by atoms with van der Waals surface area (Å²) in [6, 6.07) is 16.6. The smallest absolute Gasteiger partial charge is 0.264 e. The summed E-state index contributed by atoms with van der Waals surface area (Å²) in [5, 5.41) is 19.5. The summed E-state index contributed by atoms with van der Waals surface area (Å²) >= 11 is 6.34. The molecular weight excluding hydrogens is 493 g/mol. The van der Waals surface area contributed by atoms with Crippen molar-refractivity contribution < 1.29 is 23.0 Å². The van der Waals surface area contributed by atoms with Crippen LogP contribution in [0, 0.1) is 5.82 Å². The average Bonchev–Trinajstić information content (AvgIpc) is 3.14. The topological polar surface area (TPSA) is 95.7 Å². The summed E-state index contributed by atoms with van der Waals surface area (Å²) in [5.74, 6) is 0.134. The molecular formula is C25H25ClFN3O4S. The number of fused-ring (bicyclic) bond motifs is 1. The van der Waals surface area contributed by atoms with Crippen LogP contribution >= 0.6 is 11.6 Å². The number of aromatic nitrogens is 2. The van der Waals surface area contributed by atoms with Gasteiger partial charge < -0.3 is 14.8 Å². The van der Waals surface area contributed by atoms with Gasteiger partial charge in [0.2, 0.25) is 0 Å². The lowest BCUT2D eigenvalue weighted by Gasteiger charge is -2.25. The van der Waals surface area contributed by atoms with Gasteiger partial charge in [-0.3, -0.25) is 4.31 Å². The molecule has 1 heterocycles. The summed E-state index contributed by atoms with van der Waals surface area (Å²) in [6.45, 7) is 1.89. The van der Waals surface area contributed by atoms with E-state index in [-0.39, 0.29) is 18.0 Å². The molecule has 0 radical (unpaired) electrons. The molecule has 0 fully saturated rings. The number of sulfonamides is 1. The average molecular weight is 518 g/mol. The van der Waals surface area contributed by atoms with Crippen LogP contribution in [-0.4, -0.2) is 34.5 Å². The van der Waals surface area contributed by atoms with Crippen LogP contribution in [0.4, 0.5) is 10.1 Å². The molecule has 35 heavy (non-hydrogen) atoms. The van der Waals surface area contributed by atoms with Gasteiger partial charge in [0, 0.05) is 11.4 Å². The second kappa shape index (κ2) is 10.3. The van der Waals surface area contributed by atoms with Crippen molar-refractivity contribution in [2.45, 2.75) is 44.0 Å². The molecule has 0 bridgehead atoms. The van der Waals surface area contributed by atoms with E-state index in [9.17, 15) is 23.0 Å². The van der Waals surface area contributed by atoms with Gasteiger partial charge in [-0.2, -0.15) is 0 Å². The Bertz CT molecular complexity index is 1440. The van der Waals surface area contributed by atoms with Crippen LogP contribution in [0.25, 0.3) is 11.0 Å². The van der Waals surface area contributed by atoms with Crippen molar-refractivity contribution in [3.8, 4) is 0 Å². The van der Waals surface area contributed by atoms with Crippen molar-refractivity contribution >= 4 is 38.3 Å². The van der Waals surface area contributed by atoms with E-state index < -0.39 is 22.1 Å². The molecule has 0 aliphatic carbocycles. The highest BCUT2D eigenvalue weighted by Gasteiger charge is 2.27. The third-order valence-electron chi connectivity index (χ3n) is 5.59. The van der Waals surface area contributed by atoms with Crippen molar-refractivity contribution in [3.05, 3.63) is 89.0 Å². The Hall–Kier alpha value is -2.98. The molecule has 7 nitrogen and oxygen atoms in total. The Balaban J connectivity index is 1.85. The molecule has 4 aromatic rings. The molecule has 1 aromatic heterocycles. The summed E-state index contributed by atoms with van der Waals surface area (Å²) in [6.07, 6.45) is -0.137. The normalized spacial score (nSPS) is 11.9. The fourth-order valence-corrected chi connectivity index (χ4v) is 5.57. The van der Waals surface area contributed by atoms with Gasteiger partial charge in [-0.1, -0.05) is 36.7 Å². The first kappa shape index (κ1) is 25.1. The van der Waals surface area contributed by atoms with Crippen LogP contribution in [0.15, 0.2) is 71.6 Å². The zero-order chi connectivity index (χ0) is 25.2. The second-order valence-corrected chi connectivity index (χ2v) is 10.4. The van der Waals surface area contributed by atoms with E-state index in [4.69, 9.17) is 11.6 Å². The zero-order valence-corrected chi connectivity index (χ0v) is 20.5. The Morgan fingerprint density at radius 3 is 2.46 bits per heavy atom. The number of imidazole rings is 1. The van der Waals surface area contributed by atoms with Crippen LogP contribution in [0.3, 0.4) is 0 Å². The first-order valence-electron chi connectivity index (χ1n) is 11.1. The molecule has 0 atom stereocenters. The minimum atomic E-state index is -4.09. The fourth-order valence-electron chi connectivity index (χ4n) is 3.93. The number of aryl methyl sites for hydroxylation is 1. The van der Waals surface area contributed by atoms with Crippen LogP contribution < -0.4 is 4.31 Å². The van der Waals surface area contributed by atoms with Gasteiger partial charge in [0.1, 0.15) is 11.6 Å². The molecule has 0 saturated heterocycles. The van der Waals surface area contributed by atoms with Gasteiger partial charge in [-0.05, 0) is 60.5 Å². The molecule has 4 rings (SSSR count). The minimum Gasteiger partial charge on any atom is -0.367 e. The van der Waals surface area contributed by atoms with E-state index in [1.54, 1.807) is 47.0 Å². The number of anilines is 1. The van der Waals surface area contributed by atoms with Crippen LogP contribution in [0.2, 0.25) is 5.02 Å². The molecule has 3 aromatic carbocycles. The minimum absolute atomic E-state index is 0.0528. The molecule has 10 heteroatoms. The number of aliphatic hydroxyl groups excluding tert-OH is 1. The van der Waals surface area contributed by atoms with Crippen molar-refractivity contribution in [1.82, 2.24) is 9.55 Å². The van der Waals surface area contributed by atoms with Gasteiger partial charge in [-0.25, -0.2) is 17.8 Å². The van der Waals surface area contributed by atoms with Gasteiger partial charge in [0.15, 0.2) is 6.29 Å². The number of benzene rings is 3. The van der Waals surface area contributed by atoms with E-state index >= 15 is 0 Å². The predicted octanol–water partition coefficient (Wildman–Crippen LogP) is 4.49. The molecule has 0 spiro atoms. The Morgan fingerprint density at radius 1 is 1.09 bits per heavy atom. The third kappa shape index (κ3) is 5.33. The van der Waals surface area contributed by atoms with Crippen LogP contribution in [0.5, 0.6) is 0 Å². The molecule has 0 saturated carbocycles. The monoisotopic (exact) mass is 517 g/mol. The highest BCUT2D eigenvalue weighted by Crippen LogP contribution is 2.31. The number of nitrogens with zero attached hydrogens (tertiary/aromatic N) is 3. The van der Waals surface area contributed by atoms with E-state index in [2.05, 4.69) is 4.98 Å². The summed E-state index contributed by atoms with van der Waals surface area (Å²) < 4.78 is 43.8. The number of rotatable bonds is 9. The van der Waals surface area contributed by atoms with E-state index in [0.29, 0.717) is 39.6 Å². The quantitative estimate of drug-likeness (QED) is 0.319. The number of aliphatic hydroxyl groups is 2. The predicted molar refractivity (Wildman–Crippen MR) is 133 cm³/mol. The standard InChI is InChI=1S/C25H25ClFN3O4S/c1-2-5-24-28-22-14-19(10-13-23(22)29(24)16-25(31)32)30(15-17-6-3-4-7-21(17)26)35(33,34)20-11-8-18(27)9-12-20/h3-4,6-14,25,31-32H,2,5,15-16H2,1H3. The largest absolute Gasteiger partial charge is 0.367 e. The van der Waals surface area contributed by atoms with Crippen LogP contribution in [0.1, 0.15) is 24.7 Å². The van der Waals surface area contributed by atoms with Crippen molar-refractivity contribution in [1.29, 1.82) is 0 Å². The lowest BCUT2D eigenvalue weighted by atomic mass is 10.2. The van der Waals surface area contributed by atoms with E-state index in [1.807, 2.05) is 6.92 Å². The van der Waals surface area contributed by atoms with Crippen molar-refractivity contribution in [3.63, 3.8) is 0 Å². The maximum atomic E-state index is 13.7.